The number of carbonyl (C=O) groups is 1. The third-order valence-corrected chi connectivity index (χ3v) is 3.14. The van der Waals surface area contributed by atoms with Gasteiger partial charge in [0.15, 0.2) is 0 Å². The maximum absolute atomic E-state index is 11.6. The van der Waals surface area contributed by atoms with Crippen molar-refractivity contribution in [2.45, 2.75) is 33.4 Å². The molecule has 22 heavy (non-hydrogen) atoms. The lowest BCUT2D eigenvalue weighted by molar-refractivity contribution is 0.250. The predicted molar refractivity (Wildman–Crippen MR) is 92.2 cm³/mol. The second kappa shape index (κ2) is 7.50. The minimum Gasteiger partial charge on any atom is -0.381 e. The van der Waals surface area contributed by atoms with Crippen LogP contribution in [0.15, 0.2) is 48.5 Å². The topological polar surface area (TPSA) is 53.2 Å². The van der Waals surface area contributed by atoms with Crippen LogP contribution in [0.25, 0.3) is 0 Å². The quantitative estimate of drug-likeness (QED) is 0.777. The molecular weight excluding hydrogens is 274 g/mol. The molecule has 2 rings (SSSR count). The number of nitrogens with one attached hydrogen (secondary N) is 3. The van der Waals surface area contributed by atoms with Crippen molar-refractivity contribution in [3.8, 4) is 0 Å². The van der Waals surface area contributed by atoms with Gasteiger partial charge in [0, 0.05) is 24.0 Å². The highest BCUT2D eigenvalue weighted by molar-refractivity contribution is 5.89. The van der Waals surface area contributed by atoms with Gasteiger partial charge in [-0.15, -0.1) is 0 Å². The van der Waals surface area contributed by atoms with E-state index in [9.17, 15) is 4.79 Å². The molecule has 0 aliphatic rings. The third kappa shape index (κ3) is 5.13. The molecule has 0 radical (unpaired) electrons. The molecule has 4 nitrogen and oxygen atoms in total. The predicted octanol–water partition coefficient (Wildman–Crippen LogP) is 4.14. The zero-order valence-electron chi connectivity index (χ0n) is 13.3. The van der Waals surface area contributed by atoms with E-state index in [1.807, 2.05) is 38.1 Å². The minimum absolute atomic E-state index is 0.121. The molecule has 0 unspecified atom stereocenters. The van der Waals surface area contributed by atoms with Crippen molar-refractivity contribution in [2.75, 3.05) is 10.6 Å². The molecule has 0 aliphatic heterocycles. The average molecular weight is 297 g/mol. The Bertz CT molecular complexity index is 620. The highest BCUT2D eigenvalue weighted by atomic mass is 16.2. The fourth-order valence-electron chi connectivity index (χ4n) is 2.13. The first kappa shape index (κ1) is 15.9. The summed E-state index contributed by atoms with van der Waals surface area (Å²) >= 11 is 0. The van der Waals surface area contributed by atoms with Crippen LogP contribution in [0.2, 0.25) is 0 Å². The smallest absolute Gasteiger partial charge is 0.319 e. The molecule has 3 N–H and O–H groups in total. The van der Waals surface area contributed by atoms with E-state index in [-0.39, 0.29) is 12.1 Å². The van der Waals surface area contributed by atoms with E-state index >= 15 is 0 Å². The molecule has 0 heterocycles. The molecule has 0 fully saturated rings. The molecule has 2 aromatic rings. The molecular formula is C18H23N3O. The first-order valence-corrected chi connectivity index (χ1v) is 7.50. The minimum atomic E-state index is -0.185. The number of hydrogen-bond acceptors (Lipinski definition) is 2. The fraction of sp³-hybridized carbons (Fsp3) is 0.278. The summed E-state index contributed by atoms with van der Waals surface area (Å²) < 4.78 is 0. The summed E-state index contributed by atoms with van der Waals surface area (Å²) in [6, 6.07) is 16.0. The molecule has 0 atom stereocenters. The van der Waals surface area contributed by atoms with Crippen LogP contribution in [0, 0.1) is 6.92 Å². The summed E-state index contributed by atoms with van der Waals surface area (Å²) in [6.07, 6.45) is 0. The van der Waals surface area contributed by atoms with Gasteiger partial charge in [0.1, 0.15) is 0 Å². The van der Waals surface area contributed by atoms with Gasteiger partial charge >= 0.3 is 6.03 Å². The maximum atomic E-state index is 11.6. The van der Waals surface area contributed by atoms with E-state index in [0.29, 0.717) is 0 Å². The number of urea groups is 1. The summed E-state index contributed by atoms with van der Waals surface area (Å²) in [7, 11) is 0. The lowest BCUT2D eigenvalue weighted by atomic mass is 10.1. The Kier molecular flexibility index (Phi) is 5.42. The van der Waals surface area contributed by atoms with Gasteiger partial charge in [0.2, 0.25) is 0 Å². The van der Waals surface area contributed by atoms with Crippen LogP contribution in [-0.4, -0.2) is 12.1 Å². The van der Waals surface area contributed by atoms with Crippen LogP contribution in [-0.2, 0) is 6.54 Å². The van der Waals surface area contributed by atoms with Crippen LogP contribution in [0.5, 0.6) is 0 Å². The number of carbonyl (C=O) groups excluding carboxylic acids is 1. The highest BCUT2D eigenvalue weighted by Gasteiger charge is 2.03. The van der Waals surface area contributed by atoms with Gasteiger partial charge in [0.05, 0.1) is 0 Å². The molecule has 0 saturated carbocycles. The number of hydrogen-bond donors (Lipinski definition) is 3. The summed E-state index contributed by atoms with van der Waals surface area (Å²) in [6.45, 7) is 6.73. The number of aryl methyl sites for hydroxylation is 1. The van der Waals surface area contributed by atoms with Crippen molar-refractivity contribution in [3.05, 3.63) is 59.7 Å². The Labute approximate surface area is 131 Å². The normalized spacial score (nSPS) is 10.4. The number of anilines is 2. The second-order valence-electron chi connectivity index (χ2n) is 5.67. The summed E-state index contributed by atoms with van der Waals surface area (Å²) in [5, 5.41) is 8.97. The van der Waals surface area contributed by atoms with Gasteiger partial charge in [-0.25, -0.2) is 4.79 Å². The Balaban J connectivity index is 1.88. The van der Waals surface area contributed by atoms with Gasteiger partial charge in [-0.05, 0) is 50.6 Å². The van der Waals surface area contributed by atoms with Gasteiger partial charge in [0.25, 0.3) is 0 Å². The van der Waals surface area contributed by atoms with Gasteiger partial charge in [-0.2, -0.15) is 0 Å². The van der Waals surface area contributed by atoms with Crippen molar-refractivity contribution >= 4 is 17.4 Å². The van der Waals surface area contributed by atoms with Crippen LogP contribution in [0.1, 0.15) is 25.0 Å². The number of amides is 2. The molecule has 0 aliphatic carbocycles. The van der Waals surface area contributed by atoms with Crippen molar-refractivity contribution in [1.82, 2.24) is 5.32 Å². The van der Waals surface area contributed by atoms with Crippen LogP contribution < -0.4 is 16.0 Å². The highest BCUT2D eigenvalue weighted by Crippen LogP contribution is 2.15. The Morgan fingerprint density at radius 1 is 1.05 bits per heavy atom. The SMILES string of the molecule is Cc1cccc(CNc2ccc(NC(=O)NC(C)C)cc2)c1. The second-order valence-corrected chi connectivity index (χ2v) is 5.67. The molecule has 116 valence electrons. The Hall–Kier alpha value is -2.49. The number of benzene rings is 2. The van der Waals surface area contributed by atoms with Gasteiger partial charge < -0.3 is 16.0 Å². The average Bonchev–Trinajstić information content (AvgIpc) is 2.46. The van der Waals surface area contributed by atoms with Crippen LogP contribution in [0.4, 0.5) is 16.2 Å². The van der Waals surface area contributed by atoms with Crippen molar-refractivity contribution in [3.63, 3.8) is 0 Å². The Morgan fingerprint density at radius 2 is 1.73 bits per heavy atom. The van der Waals surface area contributed by atoms with Gasteiger partial charge in [-0.1, -0.05) is 29.8 Å². The Morgan fingerprint density at radius 3 is 2.36 bits per heavy atom. The molecule has 2 amide bonds. The fourth-order valence-corrected chi connectivity index (χ4v) is 2.13. The largest absolute Gasteiger partial charge is 0.381 e. The lowest BCUT2D eigenvalue weighted by Crippen LogP contribution is -2.34. The lowest BCUT2D eigenvalue weighted by Gasteiger charge is -2.11. The van der Waals surface area contributed by atoms with Gasteiger partial charge in [-0.3, -0.25) is 0 Å². The van der Waals surface area contributed by atoms with Crippen molar-refractivity contribution < 1.29 is 4.79 Å². The zero-order chi connectivity index (χ0) is 15.9. The van der Waals surface area contributed by atoms with E-state index in [1.165, 1.54) is 11.1 Å². The maximum Gasteiger partial charge on any atom is 0.319 e. The molecule has 0 saturated heterocycles. The molecule has 0 aromatic heterocycles. The van der Waals surface area contributed by atoms with E-state index in [1.54, 1.807) is 0 Å². The molecule has 2 aromatic carbocycles. The van der Waals surface area contributed by atoms with Crippen LogP contribution >= 0.6 is 0 Å². The van der Waals surface area contributed by atoms with E-state index in [2.05, 4.69) is 47.1 Å². The molecule has 4 heteroatoms. The first-order valence-electron chi connectivity index (χ1n) is 7.50. The monoisotopic (exact) mass is 297 g/mol. The molecule has 0 spiro atoms. The summed E-state index contributed by atoms with van der Waals surface area (Å²) in [5.74, 6) is 0. The molecule has 0 bridgehead atoms. The third-order valence-electron chi connectivity index (χ3n) is 3.14. The van der Waals surface area contributed by atoms with Crippen LogP contribution in [0.3, 0.4) is 0 Å². The van der Waals surface area contributed by atoms with Crippen molar-refractivity contribution in [2.24, 2.45) is 0 Å². The van der Waals surface area contributed by atoms with E-state index < -0.39 is 0 Å². The van der Waals surface area contributed by atoms with E-state index in [0.717, 1.165) is 17.9 Å². The standard InChI is InChI=1S/C18H23N3O/c1-13(2)20-18(22)21-17-9-7-16(8-10-17)19-12-15-6-4-5-14(3)11-15/h4-11,13,19H,12H2,1-3H3,(H2,20,21,22). The van der Waals surface area contributed by atoms with E-state index in [4.69, 9.17) is 0 Å². The summed E-state index contributed by atoms with van der Waals surface area (Å²) in [4.78, 5) is 11.6. The number of rotatable bonds is 5. The first-order chi connectivity index (χ1) is 10.5. The zero-order valence-corrected chi connectivity index (χ0v) is 13.3. The summed E-state index contributed by atoms with van der Waals surface area (Å²) in [5.41, 5.74) is 4.31. The van der Waals surface area contributed by atoms with Crippen molar-refractivity contribution in [1.29, 1.82) is 0 Å².